The number of likely N-dealkylation sites (tertiary alicyclic amines) is 1. The molecule has 0 radical (unpaired) electrons. The highest BCUT2D eigenvalue weighted by atomic mass is 32.2. The largest absolute Gasteiger partial charge is 0.481 e. The van der Waals surface area contributed by atoms with Gasteiger partial charge in [0, 0.05) is 19.3 Å². The van der Waals surface area contributed by atoms with Gasteiger partial charge in [0.2, 0.25) is 5.91 Å². The van der Waals surface area contributed by atoms with Gasteiger partial charge in [-0.3, -0.25) is 9.59 Å². The molecule has 0 spiro atoms. The molecule has 0 saturated carbocycles. The Morgan fingerprint density at radius 3 is 2.47 bits per heavy atom. The summed E-state index contributed by atoms with van der Waals surface area (Å²) < 4.78 is 22.5. The zero-order chi connectivity index (χ0) is 13.2. The fourth-order valence-electron chi connectivity index (χ4n) is 1.82. The summed E-state index contributed by atoms with van der Waals surface area (Å²) in [7, 11) is -3.43. The molecule has 0 aliphatic carbocycles. The summed E-state index contributed by atoms with van der Waals surface area (Å²) in [4.78, 5) is 24.0. The first-order valence-electron chi connectivity index (χ1n) is 5.44. The second kappa shape index (κ2) is 5.03. The molecule has 1 saturated heterocycles. The van der Waals surface area contributed by atoms with E-state index in [1.807, 2.05) is 0 Å². The normalized spacial score (nSPS) is 23.2. The van der Waals surface area contributed by atoms with Crippen LogP contribution < -0.4 is 0 Å². The van der Waals surface area contributed by atoms with Gasteiger partial charge in [-0.15, -0.1) is 0 Å². The summed E-state index contributed by atoms with van der Waals surface area (Å²) in [6.45, 7) is 1.87. The molecular formula is C10H17NO5S. The first-order valence-corrected chi connectivity index (χ1v) is 7.39. The van der Waals surface area contributed by atoms with Crippen molar-refractivity contribution in [3.05, 3.63) is 0 Å². The van der Waals surface area contributed by atoms with E-state index in [-0.39, 0.29) is 6.54 Å². The number of carbonyl (C=O) groups excluding carboxylic acids is 1. The number of piperidine rings is 1. The van der Waals surface area contributed by atoms with Crippen LogP contribution in [-0.4, -0.2) is 54.9 Å². The number of aliphatic carboxylic acids is 1. The quantitative estimate of drug-likeness (QED) is 0.757. The molecule has 0 aromatic rings. The molecule has 1 aliphatic heterocycles. The Morgan fingerprint density at radius 2 is 2.00 bits per heavy atom. The second-order valence-corrected chi connectivity index (χ2v) is 6.80. The molecule has 6 nitrogen and oxygen atoms in total. The molecule has 0 bridgehead atoms. The van der Waals surface area contributed by atoms with Crippen molar-refractivity contribution < 1.29 is 23.1 Å². The van der Waals surface area contributed by atoms with Crippen molar-refractivity contribution in [3.63, 3.8) is 0 Å². The van der Waals surface area contributed by atoms with Gasteiger partial charge < -0.3 is 10.0 Å². The number of carboxylic acids is 1. The van der Waals surface area contributed by atoms with Gasteiger partial charge in [0.05, 0.1) is 5.92 Å². The van der Waals surface area contributed by atoms with E-state index in [0.29, 0.717) is 19.4 Å². The lowest BCUT2D eigenvalue weighted by atomic mass is 9.98. The van der Waals surface area contributed by atoms with Crippen molar-refractivity contribution in [1.82, 2.24) is 4.90 Å². The predicted octanol–water partition coefficient (Wildman–Crippen LogP) is -0.257. The summed E-state index contributed by atoms with van der Waals surface area (Å²) in [5, 5.41) is 7.78. The van der Waals surface area contributed by atoms with Crippen LogP contribution in [0.4, 0.5) is 0 Å². The number of carboxylic acid groups (broad SMARTS) is 1. The van der Waals surface area contributed by atoms with Gasteiger partial charge in [0.15, 0.2) is 9.84 Å². The molecule has 0 aromatic carbocycles. The van der Waals surface area contributed by atoms with Crippen molar-refractivity contribution in [1.29, 1.82) is 0 Å². The maximum atomic E-state index is 11.9. The molecule has 1 heterocycles. The third-order valence-corrected chi connectivity index (χ3v) is 4.56. The zero-order valence-electron chi connectivity index (χ0n) is 9.92. The molecule has 2 atom stereocenters. The molecule has 0 aromatic heterocycles. The fourth-order valence-corrected chi connectivity index (χ4v) is 2.33. The van der Waals surface area contributed by atoms with Crippen LogP contribution in [0.1, 0.15) is 19.8 Å². The summed E-state index contributed by atoms with van der Waals surface area (Å²) in [6, 6.07) is 0. The summed E-state index contributed by atoms with van der Waals surface area (Å²) in [5.74, 6) is -2.02. The van der Waals surface area contributed by atoms with E-state index in [4.69, 9.17) is 5.11 Å². The van der Waals surface area contributed by atoms with E-state index >= 15 is 0 Å². The van der Waals surface area contributed by atoms with Gasteiger partial charge in [-0.1, -0.05) is 0 Å². The van der Waals surface area contributed by atoms with E-state index in [2.05, 4.69) is 0 Å². The number of nitrogens with zero attached hydrogens (tertiary/aromatic N) is 1. The first kappa shape index (κ1) is 14.0. The van der Waals surface area contributed by atoms with Gasteiger partial charge in [0.1, 0.15) is 5.25 Å². The second-order valence-electron chi connectivity index (χ2n) is 4.43. The minimum absolute atomic E-state index is 0.105. The Balaban J connectivity index is 2.73. The van der Waals surface area contributed by atoms with Crippen molar-refractivity contribution >= 4 is 21.7 Å². The lowest BCUT2D eigenvalue weighted by Crippen LogP contribution is -2.47. The van der Waals surface area contributed by atoms with Crippen molar-refractivity contribution in [2.45, 2.75) is 25.0 Å². The van der Waals surface area contributed by atoms with Crippen molar-refractivity contribution in [2.75, 3.05) is 19.3 Å². The van der Waals surface area contributed by atoms with Gasteiger partial charge in [-0.25, -0.2) is 8.42 Å². The third-order valence-electron chi connectivity index (χ3n) is 3.07. The molecular weight excluding hydrogens is 246 g/mol. The topological polar surface area (TPSA) is 91.8 Å². The number of rotatable bonds is 3. The summed E-state index contributed by atoms with van der Waals surface area (Å²) in [6.07, 6.45) is 2.14. The Morgan fingerprint density at radius 1 is 1.41 bits per heavy atom. The Kier molecular flexibility index (Phi) is 4.13. The summed E-state index contributed by atoms with van der Waals surface area (Å²) >= 11 is 0. The highest BCUT2D eigenvalue weighted by molar-refractivity contribution is 7.92. The van der Waals surface area contributed by atoms with Crippen LogP contribution in [0, 0.1) is 5.92 Å². The molecule has 1 N–H and O–H groups in total. The zero-order valence-corrected chi connectivity index (χ0v) is 10.7. The maximum absolute atomic E-state index is 11.9. The lowest BCUT2D eigenvalue weighted by molar-refractivity contribution is -0.145. The number of sulfone groups is 1. The van der Waals surface area contributed by atoms with Crippen LogP contribution in [0.5, 0.6) is 0 Å². The highest BCUT2D eigenvalue weighted by Crippen LogP contribution is 2.18. The third kappa shape index (κ3) is 3.42. The minimum atomic E-state index is -3.43. The van der Waals surface area contributed by atoms with Gasteiger partial charge >= 0.3 is 5.97 Å². The maximum Gasteiger partial charge on any atom is 0.308 e. The average molecular weight is 263 g/mol. The SMILES string of the molecule is CC(C(=O)N1CCC[C@H](C(=O)O)C1)S(C)(=O)=O. The van der Waals surface area contributed by atoms with E-state index in [9.17, 15) is 18.0 Å². The average Bonchev–Trinajstić information content (AvgIpc) is 2.26. The summed E-state index contributed by atoms with van der Waals surface area (Å²) in [5.41, 5.74) is 0. The van der Waals surface area contributed by atoms with Crippen LogP contribution in [0.15, 0.2) is 0 Å². The van der Waals surface area contributed by atoms with Crippen LogP contribution >= 0.6 is 0 Å². The van der Waals surface area contributed by atoms with Crippen LogP contribution in [0.3, 0.4) is 0 Å². The number of amides is 1. The molecule has 98 valence electrons. The van der Waals surface area contributed by atoms with Gasteiger partial charge in [-0.2, -0.15) is 0 Å². The van der Waals surface area contributed by atoms with Crippen molar-refractivity contribution in [3.8, 4) is 0 Å². The Hall–Kier alpha value is -1.11. The molecule has 1 fully saturated rings. The highest BCUT2D eigenvalue weighted by Gasteiger charge is 2.33. The molecule has 7 heteroatoms. The Bertz CT molecular complexity index is 416. The molecule has 1 unspecified atom stereocenters. The van der Waals surface area contributed by atoms with E-state index < -0.39 is 32.9 Å². The van der Waals surface area contributed by atoms with Crippen molar-refractivity contribution in [2.24, 2.45) is 5.92 Å². The number of hydrogen-bond acceptors (Lipinski definition) is 4. The Labute approximate surface area is 101 Å². The fraction of sp³-hybridized carbons (Fsp3) is 0.800. The molecule has 1 aliphatic rings. The predicted molar refractivity (Wildman–Crippen MR) is 61.2 cm³/mol. The van der Waals surface area contributed by atoms with E-state index in [1.54, 1.807) is 0 Å². The number of hydrogen-bond donors (Lipinski definition) is 1. The van der Waals surface area contributed by atoms with Gasteiger partial charge in [-0.05, 0) is 19.8 Å². The van der Waals surface area contributed by atoms with Gasteiger partial charge in [0.25, 0.3) is 0 Å². The smallest absolute Gasteiger partial charge is 0.308 e. The molecule has 1 rings (SSSR count). The minimum Gasteiger partial charge on any atom is -0.481 e. The van der Waals surface area contributed by atoms with Crippen LogP contribution in [0.2, 0.25) is 0 Å². The van der Waals surface area contributed by atoms with E-state index in [1.165, 1.54) is 11.8 Å². The first-order chi connectivity index (χ1) is 7.73. The van der Waals surface area contributed by atoms with E-state index in [0.717, 1.165) is 6.26 Å². The van der Waals surface area contributed by atoms with Crippen LogP contribution in [0.25, 0.3) is 0 Å². The molecule has 1 amide bonds. The number of carbonyl (C=O) groups is 2. The molecule has 17 heavy (non-hydrogen) atoms. The monoisotopic (exact) mass is 263 g/mol. The standard InChI is InChI=1S/C10H17NO5S/c1-7(17(2,15)16)9(12)11-5-3-4-8(6-11)10(13)14/h7-8H,3-6H2,1-2H3,(H,13,14)/t7?,8-/m0/s1. The lowest BCUT2D eigenvalue weighted by Gasteiger charge is -2.32. The van der Waals surface area contributed by atoms with Crippen LogP contribution in [-0.2, 0) is 19.4 Å².